The molecule has 1 aromatic rings. The number of rotatable bonds is 4. The standard InChI is InChI=1S/C12H17N3O.HI/c1-16-11-4-2-3-10(7-11)15-12(13)14-8-9-5-6-9;/h2-4,7,9H,5-6,8H2,1H3,(H3,13,14,15);1H. The van der Waals surface area contributed by atoms with Crippen molar-refractivity contribution in [3.63, 3.8) is 0 Å². The van der Waals surface area contributed by atoms with Gasteiger partial charge < -0.3 is 15.8 Å². The molecule has 3 N–H and O–H groups in total. The van der Waals surface area contributed by atoms with Crippen molar-refractivity contribution in [1.29, 1.82) is 0 Å². The van der Waals surface area contributed by atoms with Crippen LogP contribution in [0.5, 0.6) is 5.75 Å². The number of benzene rings is 1. The summed E-state index contributed by atoms with van der Waals surface area (Å²) in [5.41, 5.74) is 6.67. The molecule has 4 nitrogen and oxygen atoms in total. The van der Waals surface area contributed by atoms with Crippen molar-refractivity contribution in [2.24, 2.45) is 16.6 Å². The molecule has 0 spiro atoms. The van der Waals surface area contributed by atoms with Gasteiger partial charge in [-0.25, -0.2) is 0 Å². The summed E-state index contributed by atoms with van der Waals surface area (Å²) >= 11 is 0. The fourth-order valence-corrected chi connectivity index (χ4v) is 1.42. The number of ether oxygens (including phenoxy) is 1. The molecular weight excluding hydrogens is 329 g/mol. The second-order valence-corrected chi connectivity index (χ2v) is 4.03. The van der Waals surface area contributed by atoms with E-state index in [1.54, 1.807) is 7.11 Å². The summed E-state index contributed by atoms with van der Waals surface area (Å²) in [6, 6.07) is 7.62. The molecule has 0 bridgehead atoms. The average molecular weight is 347 g/mol. The average Bonchev–Trinajstić information content (AvgIpc) is 3.10. The molecule has 1 aromatic carbocycles. The summed E-state index contributed by atoms with van der Waals surface area (Å²) in [6.07, 6.45) is 2.58. The van der Waals surface area contributed by atoms with Crippen LogP contribution in [0.1, 0.15) is 12.8 Å². The predicted molar refractivity (Wildman–Crippen MR) is 81.2 cm³/mol. The highest BCUT2D eigenvalue weighted by Gasteiger charge is 2.20. The number of hydrogen-bond acceptors (Lipinski definition) is 2. The van der Waals surface area contributed by atoms with Gasteiger partial charge in [-0.3, -0.25) is 4.99 Å². The normalized spacial score (nSPS) is 15.0. The van der Waals surface area contributed by atoms with Crippen LogP contribution in [0.3, 0.4) is 0 Å². The molecule has 0 heterocycles. The minimum atomic E-state index is 0. The first-order valence-electron chi connectivity index (χ1n) is 5.49. The lowest BCUT2D eigenvalue weighted by Crippen LogP contribution is -2.23. The molecule has 1 aliphatic carbocycles. The number of aliphatic imine (C=N–C) groups is 1. The van der Waals surface area contributed by atoms with Crippen molar-refractivity contribution >= 4 is 35.6 Å². The van der Waals surface area contributed by atoms with E-state index in [9.17, 15) is 0 Å². The Labute approximate surface area is 119 Å². The lowest BCUT2D eigenvalue weighted by atomic mass is 10.3. The Morgan fingerprint density at radius 3 is 2.94 bits per heavy atom. The summed E-state index contributed by atoms with van der Waals surface area (Å²) in [6.45, 7) is 0.836. The summed E-state index contributed by atoms with van der Waals surface area (Å²) in [5, 5.41) is 3.05. The zero-order valence-corrected chi connectivity index (χ0v) is 12.2. The molecular formula is C12H18IN3O. The number of nitrogens with zero attached hydrogens (tertiary/aromatic N) is 1. The van der Waals surface area contributed by atoms with Crippen molar-refractivity contribution in [3.8, 4) is 5.75 Å². The van der Waals surface area contributed by atoms with Gasteiger partial charge in [0.15, 0.2) is 5.96 Å². The van der Waals surface area contributed by atoms with E-state index in [-0.39, 0.29) is 24.0 Å². The summed E-state index contributed by atoms with van der Waals surface area (Å²) in [7, 11) is 1.64. The second kappa shape index (κ2) is 6.68. The van der Waals surface area contributed by atoms with Crippen LogP contribution in [0.4, 0.5) is 5.69 Å². The maximum atomic E-state index is 5.77. The fraction of sp³-hybridized carbons (Fsp3) is 0.417. The first-order valence-corrected chi connectivity index (χ1v) is 5.49. The van der Waals surface area contributed by atoms with E-state index in [2.05, 4.69) is 10.3 Å². The SMILES string of the molecule is COc1cccc(NC(N)=NCC2CC2)c1.I. The van der Waals surface area contributed by atoms with Crippen LogP contribution in [0.2, 0.25) is 0 Å². The number of guanidine groups is 1. The Bertz CT molecular complexity index is 391. The van der Waals surface area contributed by atoms with Crippen LogP contribution in [0.15, 0.2) is 29.3 Å². The topological polar surface area (TPSA) is 59.6 Å². The quantitative estimate of drug-likeness (QED) is 0.500. The zero-order chi connectivity index (χ0) is 11.4. The van der Waals surface area contributed by atoms with E-state index in [0.29, 0.717) is 5.96 Å². The van der Waals surface area contributed by atoms with Gasteiger partial charge in [0.25, 0.3) is 0 Å². The van der Waals surface area contributed by atoms with Crippen LogP contribution in [-0.4, -0.2) is 19.6 Å². The molecule has 0 amide bonds. The van der Waals surface area contributed by atoms with Crippen LogP contribution in [0, 0.1) is 5.92 Å². The van der Waals surface area contributed by atoms with Gasteiger partial charge in [0, 0.05) is 18.3 Å². The first-order chi connectivity index (χ1) is 7.78. The molecule has 0 unspecified atom stereocenters. The lowest BCUT2D eigenvalue weighted by Gasteiger charge is -2.07. The molecule has 0 radical (unpaired) electrons. The highest BCUT2D eigenvalue weighted by Crippen LogP contribution is 2.28. The Hall–Kier alpha value is -0.980. The van der Waals surface area contributed by atoms with Crippen LogP contribution in [-0.2, 0) is 0 Å². The van der Waals surface area contributed by atoms with Crippen molar-refractivity contribution < 1.29 is 4.74 Å². The van der Waals surface area contributed by atoms with E-state index in [0.717, 1.165) is 23.9 Å². The van der Waals surface area contributed by atoms with Crippen molar-refractivity contribution in [1.82, 2.24) is 0 Å². The molecule has 1 saturated carbocycles. The number of anilines is 1. The third-order valence-electron chi connectivity index (χ3n) is 2.56. The Kier molecular flexibility index (Phi) is 5.54. The van der Waals surface area contributed by atoms with Gasteiger partial charge in [0.1, 0.15) is 5.75 Å². The molecule has 5 heteroatoms. The minimum absolute atomic E-state index is 0. The third-order valence-corrected chi connectivity index (χ3v) is 2.56. The number of nitrogens with one attached hydrogen (secondary N) is 1. The molecule has 0 aliphatic heterocycles. The molecule has 94 valence electrons. The van der Waals surface area contributed by atoms with Gasteiger partial charge in [-0.1, -0.05) is 6.07 Å². The van der Waals surface area contributed by atoms with Crippen molar-refractivity contribution in [3.05, 3.63) is 24.3 Å². The van der Waals surface area contributed by atoms with Gasteiger partial charge in [-0.05, 0) is 30.9 Å². The van der Waals surface area contributed by atoms with E-state index in [1.807, 2.05) is 24.3 Å². The third kappa shape index (κ3) is 4.80. The molecule has 1 aliphatic rings. The number of nitrogens with two attached hydrogens (primary N) is 1. The highest BCUT2D eigenvalue weighted by atomic mass is 127. The zero-order valence-electron chi connectivity index (χ0n) is 9.85. The Morgan fingerprint density at radius 1 is 1.53 bits per heavy atom. The smallest absolute Gasteiger partial charge is 0.193 e. The number of methoxy groups -OCH3 is 1. The molecule has 17 heavy (non-hydrogen) atoms. The summed E-state index contributed by atoms with van der Waals surface area (Å²) < 4.78 is 5.12. The number of halogens is 1. The Morgan fingerprint density at radius 2 is 2.29 bits per heavy atom. The van der Waals surface area contributed by atoms with E-state index in [1.165, 1.54) is 12.8 Å². The van der Waals surface area contributed by atoms with Crippen molar-refractivity contribution in [2.45, 2.75) is 12.8 Å². The second-order valence-electron chi connectivity index (χ2n) is 4.03. The maximum Gasteiger partial charge on any atom is 0.193 e. The van der Waals surface area contributed by atoms with Gasteiger partial charge in [-0.15, -0.1) is 24.0 Å². The fourth-order valence-electron chi connectivity index (χ4n) is 1.42. The summed E-state index contributed by atoms with van der Waals surface area (Å²) in [4.78, 5) is 4.28. The van der Waals surface area contributed by atoms with Gasteiger partial charge in [-0.2, -0.15) is 0 Å². The predicted octanol–water partition coefficient (Wildman–Crippen LogP) is 2.45. The highest BCUT2D eigenvalue weighted by molar-refractivity contribution is 14.0. The van der Waals surface area contributed by atoms with Crippen LogP contribution < -0.4 is 15.8 Å². The van der Waals surface area contributed by atoms with Crippen molar-refractivity contribution in [2.75, 3.05) is 19.0 Å². The molecule has 2 rings (SSSR count). The first kappa shape index (κ1) is 14.1. The Balaban J connectivity index is 0.00000144. The number of hydrogen-bond donors (Lipinski definition) is 2. The molecule has 1 fully saturated rings. The monoisotopic (exact) mass is 347 g/mol. The van der Waals surface area contributed by atoms with E-state index < -0.39 is 0 Å². The summed E-state index contributed by atoms with van der Waals surface area (Å²) in [5.74, 6) is 2.03. The van der Waals surface area contributed by atoms with E-state index in [4.69, 9.17) is 10.5 Å². The van der Waals surface area contributed by atoms with Gasteiger partial charge >= 0.3 is 0 Å². The van der Waals surface area contributed by atoms with Crippen LogP contribution in [0.25, 0.3) is 0 Å². The van der Waals surface area contributed by atoms with Gasteiger partial charge in [0.05, 0.1) is 7.11 Å². The minimum Gasteiger partial charge on any atom is -0.497 e. The molecule has 0 saturated heterocycles. The largest absolute Gasteiger partial charge is 0.497 e. The maximum absolute atomic E-state index is 5.77. The van der Waals surface area contributed by atoms with E-state index >= 15 is 0 Å². The molecule has 0 aromatic heterocycles. The van der Waals surface area contributed by atoms with Crippen LogP contribution >= 0.6 is 24.0 Å². The molecule has 0 atom stereocenters. The van der Waals surface area contributed by atoms with Gasteiger partial charge in [0.2, 0.25) is 0 Å². The lowest BCUT2D eigenvalue weighted by molar-refractivity contribution is 0.415.